The maximum absolute atomic E-state index is 14.2. The highest BCUT2D eigenvalue weighted by atomic mass is 19.1. The summed E-state index contributed by atoms with van der Waals surface area (Å²) in [4.78, 5) is 40.8. The first-order valence-corrected chi connectivity index (χ1v) is 13.1. The van der Waals surface area contributed by atoms with Gasteiger partial charge in [0.1, 0.15) is 11.6 Å². The number of rotatable bonds is 5. The van der Waals surface area contributed by atoms with Gasteiger partial charge in [-0.3, -0.25) is 14.4 Å². The summed E-state index contributed by atoms with van der Waals surface area (Å²) < 4.78 is 29.5. The predicted octanol–water partition coefficient (Wildman–Crippen LogP) is 5.25. The minimum absolute atomic E-state index is 0.00174. The Morgan fingerprint density at radius 2 is 1.48 bits per heavy atom. The number of nitrogens with one attached hydrogen (secondary N) is 2. The molecule has 2 bridgehead atoms. The summed E-state index contributed by atoms with van der Waals surface area (Å²) in [6.07, 6.45) is 0.959. The molecule has 9 heteroatoms. The summed E-state index contributed by atoms with van der Waals surface area (Å²) in [7, 11) is 0. The van der Waals surface area contributed by atoms with Crippen LogP contribution >= 0.6 is 0 Å². The van der Waals surface area contributed by atoms with Gasteiger partial charge in [0.15, 0.2) is 0 Å². The van der Waals surface area contributed by atoms with Crippen LogP contribution in [0.2, 0.25) is 0 Å². The van der Waals surface area contributed by atoms with Crippen LogP contribution in [0.5, 0.6) is 0 Å². The smallest absolute Gasteiger partial charge is 0.255 e. The summed E-state index contributed by atoms with van der Waals surface area (Å²) in [5.74, 6) is -1.64. The number of carbonyl (C=O) groups excluding carboxylic acids is 2. The van der Waals surface area contributed by atoms with E-state index in [2.05, 4.69) is 15.5 Å². The van der Waals surface area contributed by atoms with Gasteiger partial charge in [-0.2, -0.15) is 0 Å². The van der Waals surface area contributed by atoms with Gasteiger partial charge in [0.2, 0.25) is 0 Å². The lowest BCUT2D eigenvalue weighted by atomic mass is 9.83. The highest BCUT2D eigenvalue weighted by molar-refractivity contribution is 6.09. The van der Waals surface area contributed by atoms with Gasteiger partial charge >= 0.3 is 0 Å². The second-order valence-electron chi connectivity index (χ2n) is 10.2. The van der Waals surface area contributed by atoms with E-state index in [1.165, 1.54) is 42.5 Å². The predicted molar refractivity (Wildman–Crippen MR) is 149 cm³/mol. The second kappa shape index (κ2) is 10.4. The Labute approximate surface area is 229 Å². The second-order valence-corrected chi connectivity index (χ2v) is 10.2. The van der Waals surface area contributed by atoms with Gasteiger partial charge in [-0.15, -0.1) is 0 Å². The molecule has 3 aromatic carbocycles. The highest BCUT2D eigenvalue weighted by Gasteiger charge is 2.35. The van der Waals surface area contributed by atoms with Crippen LogP contribution in [0.25, 0.3) is 0 Å². The lowest BCUT2D eigenvalue weighted by Gasteiger charge is -2.44. The van der Waals surface area contributed by atoms with Crippen molar-refractivity contribution in [1.82, 2.24) is 4.57 Å². The van der Waals surface area contributed by atoms with Gasteiger partial charge in [-0.1, -0.05) is 18.2 Å². The molecular formula is C31H26F2N4O3. The Bertz CT molecular complexity index is 1670. The summed E-state index contributed by atoms with van der Waals surface area (Å²) >= 11 is 0. The van der Waals surface area contributed by atoms with E-state index in [4.69, 9.17) is 0 Å². The molecule has 40 heavy (non-hydrogen) atoms. The molecule has 2 aliphatic heterocycles. The van der Waals surface area contributed by atoms with Crippen LogP contribution in [0, 0.1) is 17.6 Å². The largest absolute Gasteiger partial charge is 0.369 e. The van der Waals surface area contributed by atoms with E-state index in [-0.39, 0.29) is 34.2 Å². The molecule has 0 aliphatic carbocycles. The molecule has 0 radical (unpaired) electrons. The number of halogens is 2. The monoisotopic (exact) mass is 540 g/mol. The average molecular weight is 541 g/mol. The molecule has 2 N–H and O–H groups in total. The van der Waals surface area contributed by atoms with Crippen molar-refractivity contribution in [2.45, 2.75) is 18.9 Å². The molecule has 1 fully saturated rings. The molecule has 0 saturated carbocycles. The molecule has 1 aromatic heterocycles. The first-order chi connectivity index (χ1) is 19.4. The Kier molecular flexibility index (Phi) is 6.63. The van der Waals surface area contributed by atoms with E-state index < -0.39 is 23.4 Å². The van der Waals surface area contributed by atoms with Gasteiger partial charge in [0.25, 0.3) is 17.4 Å². The van der Waals surface area contributed by atoms with Gasteiger partial charge < -0.3 is 20.1 Å². The van der Waals surface area contributed by atoms with Crippen LogP contribution in [0.15, 0.2) is 89.7 Å². The minimum Gasteiger partial charge on any atom is -0.369 e. The lowest BCUT2D eigenvalue weighted by molar-refractivity contribution is 0.101. The van der Waals surface area contributed by atoms with Crippen molar-refractivity contribution in [3.8, 4) is 0 Å². The van der Waals surface area contributed by atoms with Crippen molar-refractivity contribution in [3.63, 3.8) is 0 Å². The number of para-hydroxylation sites is 1. The molecule has 2 atom stereocenters. The van der Waals surface area contributed by atoms with E-state index in [9.17, 15) is 23.2 Å². The van der Waals surface area contributed by atoms with E-state index in [1.54, 1.807) is 36.4 Å². The summed E-state index contributed by atoms with van der Waals surface area (Å²) in [5.41, 5.74) is 2.66. The fourth-order valence-electron chi connectivity index (χ4n) is 5.70. The highest BCUT2D eigenvalue weighted by Crippen LogP contribution is 2.39. The first kappa shape index (κ1) is 25.5. The third-order valence-corrected chi connectivity index (χ3v) is 7.56. The zero-order valence-corrected chi connectivity index (χ0v) is 21.4. The maximum atomic E-state index is 14.2. The Balaban J connectivity index is 1.33. The van der Waals surface area contributed by atoms with Crippen molar-refractivity contribution in [2.24, 2.45) is 5.92 Å². The van der Waals surface area contributed by atoms with Crippen molar-refractivity contribution < 1.29 is 18.4 Å². The molecule has 1 saturated heterocycles. The zero-order valence-electron chi connectivity index (χ0n) is 21.4. The number of hydrogen-bond acceptors (Lipinski definition) is 4. The molecule has 0 spiro atoms. The number of carbonyl (C=O) groups is 2. The normalized spacial score (nSPS) is 17.6. The summed E-state index contributed by atoms with van der Waals surface area (Å²) in [6, 6.07) is 21.4. The molecule has 6 rings (SSSR count). The molecule has 3 heterocycles. The van der Waals surface area contributed by atoms with Crippen LogP contribution in [0.1, 0.15) is 38.7 Å². The molecule has 2 unspecified atom stereocenters. The van der Waals surface area contributed by atoms with E-state index >= 15 is 0 Å². The quantitative estimate of drug-likeness (QED) is 0.362. The lowest BCUT2D eigenvalue weighted by Crippen LogP contribution is -2.47. The van der Waals surface area contributed by atoms with Gasteiger partial charge in [-0.25, -0.2) is 8.78 Å². The number of aromatic nitrogens is 1. The minimum atomic E-state index is -0.559. The number of nitrogens with zero attached hydrogens (tertiary/aromatic N) is 2. The molecular weight excluding hydrogens is 514 g/mol. The van der Waals surface area contributed by atoms with Gasteiger partial charge in [-0.05, 0) is 73.0 Å². The van der Waals surface area contributed by atoms with E-state index in [0.29, 0.717) is 25.3 Å². The van der Waals surface area contributed by atoms with Gasteiger partial charge in [0, 0.05) is 48.4 Å². The third-order valence-electron chi connectivity index (χ3n) is 7.56. The SMILES string of the molecule is O=C(Nc1ccccc1F)c1ccc(N2CC3CC(C2)c2cccc(=O)n2C3)c(NC(=O)c2ccc(F)cc2)c1. The first-order valence-electron chi connectivity index (χ1n) is 13.1. The molecule has 7 nitrogen and oxygen atoms in total. The van der Waals surface area contributed by atoms with Crippen LogP contribution in [-0.4, -0.2) is 29.5 Å². The van der Waals surface area contributed by atoms with Gasteiger partial charge in [0.05, 0.1) is 17.1 Å². The van der Waals surface area contributed by atoms with Crippen LogP contribution in [0.4, 0.5) is 25.8 Å². The number of piperidine rings is 1. The number of amides is 2. The standard InChI is InChI=1S/C31H26F2N4O3/c32-23-11-8-20(9-12-23)30(39)35-26-15-21(31(40)34-25-5-2-1-4-24(25)33)10-13-28(26)36-16-19-14-22(18-36)27-6-3-7-29(38)37(27)17-19/h1-13,15,19,22H,14,16-18H2,(H,34,40)(H,35,39). The molecule has 2 aliphatic rings. The molecule has 2 amide bonds. The van der Waals surface area contributed by atoms with Crippen molar-refractivity contribution in [3.05, 3.63) is 124 Å². The Hall–Kier alpha value is -4.79. The average Bonchev–Trinajstić information content (AvgIpc) is 2.95. The summed E-state index contributed by atoms with van der Waals surface area (Å²) in [6.45, 7) is 1.90. The Morgan fingerprint density at radius 3 is 2.27 bits per heavy atom. The molecule has 4 aromatic rings. The number of hydrogen-bond donors (Lipinski definition) is 2. The number of benzene rings is 3. The number of fused-ring (bicyclic) bond motifs is 4. The molecule has 202 valence electrons. The van der Waals surface area contributed by atoms with Crippen LogP contribution in [0.3, 0.4) is 0 Å². The van der Waals surface area contributed by atoms with Crippen molar-refractivity contribution in [1.29, 1.82) is 0 Å². The van der Waals surface area contributed by atoms with Crippen molar-refractivity contribution in [2.75, 3.05) is 28.6 Å². The van der Waals surface area contributed by atoms with Crippen LogP contribution in [-0.2, 0) is 6.54 Å². The maximum Gasteiger partial charge on any atom is 0.255 e. The third kappa shape index (κ3) is 4.98. The number of anilines is 3. The zero-order chi connectivity index (χ0) is 27.8. The fourth-order valence-corrected chi connectivity index (χ4v) is 5.70. The van der Waals surface area contributed by atoms with E-state index in [0.717, 1.165) is 17.8 Å². The van der Waals surface area contributed by atoms with E-state index in [1.807, 2.05) is 10.6 Å². The Morgan fingerprint density at radius 1 is 0.750 bits per heavy atom. The number of pyridine rings is 1. The van der Waals surface area contributed by atoms with Crippen LogP contribution < -0.4 is 21.1 Å². The topological polar surface area (TPSA) is 83.4 Å². The summed E-state index contributed by atoms with van der Waals surface area (Å²) in [5, 5.41) is 5.47. The fraction of sp³-hybridized carbons (Fsp3) is 0.194. The van der Waals surface area contributed by atoms with Crippen molar-refractivity contribution >= 4 is 28.9 Å².